The second-order valence-corrected chi connectivity index (χ2v) is 5.18. The minimum atomic E-state index is -0.122. The van der Waals surface area contributed by atoms with E-state index in [1.807, 2.05) is 36.4 Å². The van der Waals surface area contributed by atoms with Gasteiger partial charge in [-0.3, -0.25) is 4.79 Å². The van der Waals surface area contributed by atoms with Gasteiger partial charge in [-0.15, -0.1) is 11.6 Å². The lowest BCUT2D eigenvalue weighted by molar-refractivity contribution is -0.117. The highest BCUT2D eigenvalue weighted by Crippen LogP contribution is 2.32. The Morgan fingerprint density at radius 2 is 1.89 bits per heavy atom. The number of hydrogen-bond donors (Lipinski definition) is 1. The number of carbonyl (C=O) groups excluding carboxylic acids is 1. The van der Waals surface area contributed by atoms with Gasteiger partial charge >= 0.3 is 0 Å². The zero-order chi connectivity index (χ0) is 12.7. The highest BCUT2D eigenvalue weighted by molar-refractivity contribution is 6.24. The number of carbonyl (C=O) groups is 1. The molecule has 2 aromatic carbocycles. The fourth-order valence-electron chi connectivity index (χ4n) is 2.38. The molecule has 1 unspecified atom stereocenters. The van der Waals surface area contributed by atoms with Crippen LogP contribution < -0.4 is 10.6 Å². The summed E-state index contributed by atoms with van der Waals surface area (Å²) in [7, 11) is 0. The number of halogens is 1. The van der Waals surface area contributed by atoms with E-state index in [0.29, 0.717) is 18.7 Å². The van der Waals surface area contributed by atoms with Gasteiger partial charge in [-0.1, -0.05) is 24.3 Å². The highest BCUT2D eigenvalue weighted by Gasteiger charge is 2.30. The lowest BCUT2D eigenvalue weighted by Crippen LogP contribution is -2.25. The molecule has 0 bridgehead atoms. The van der Waals surface area contributed by atoms with E-state index in [1.54, 1.807) is 4.90 Å². The maximum Gasteiger partial charge on any atom is 0.228 e. The van der Waals surface area contributed by atoms with Crippen molar-refractivity contribution in [1.82, 2.24) is 0 Å². The SMILES string of the molecule is Nc1cc2ccccc2cc1N1CC(Cl)CC1=O. The molecule has 0 saturated carbocycles. The first kappa shape index (κ1) is 11.4. The number of nitrogens with two attached hydrogens (primary N) is 1. The van der Waals surface area contributed by atoms with Gasteiger partial charge in [-0.2, -0.15) is 0 Å². The predicted molar refractivity (Wildman–Crippen MR) is 75.0 cm³/mol. The van der Waals surface area contributed by atoms with Crippen molar-refractivity contribution < 1.29 is 4.79 Å². The van der Waals surface area contributed by atoms with Crippen molar-refractivity contribution in [3.63, 3.8) is 0 Å². The van der Waals surface area contributed by atoms with E-state index in [4.69, 9.17) is 17.3 Å². The number of alkyl halides is 1. The van der Waals surface area contributed by atoms with Crippen molar-refractivity contribution >= 4 is 39.7 Å². The van der Waals surface area contributed by atoms with E-state index >= 15 is 0 Å². The van der Waals surface area contributed by atoms with Crippen LogP contribution in [0.15, 0.2) is 36.4 Å². The summed E-state index contributed by atoms with van der Waals surface area (Å²) in [5.41, 5.74) is 7.42. The zero-order valence-electron chi connectivity index (χ0n) is 9.77. The van der Waals surface area contributed by atoms with Crippen LogP contribution in [0.3, 0.4) is 0 Å². The van der Waals surface area contributed by atoms with Crippen LogP contribution in [0.2, 0.25) is 0 Å². The van der Waals surface area contributed by atoms with Crippen LogP contribution >= 0.6 is 11.6 Å². The number of rotatable bonds is 1. The summed E-state index contributed by atoms with van der Waals surface area (Å²) in [6.45, 7) is 0.531. The van der Waals surface area contributed by atoms with Crippen LogP contribution in [-0.4, -0.2) is 17.8 Å². The molecule has 92 valence electrons. The van der Waals surface area contributed by atoms with Crippen molar-refractivity contribution in [3.8, 4) is 0 Å². The molecule has 1 atom stereocenters. The average molecular weight is 261 g/mol. The fourth-order valence-corrected chi connectivity index (χ4v) is 2.65. The van der Waals surface area contributed by atoms with Gasteiger partial charge in [-0.25, -0.2) is 0 Å². The maximum absolute atomic E-state index is 11.9. The van der Waals surface area contributed by atoms with Crippen molar-refractivity contribution in [2.45, 2.75) is 11.8 Å². The number of benzene rings is 2. The van der Waals surface area contributed by atoms with Gasteiger partial charge in [0, 0.05) is 13.0 Å². The molecule has 1 fully saturated rings. The van der Waals surface area contributed by atoms with Gasteiger partial charge in [0.15, 0.2) is 0 Å². The van der Waals surface area contributed by atoms with E-state index in [9.17, 15) is 4.79 Å². The second kappa shape index (κ2) is 4.18. The van der Waals surface area contributed by atoms with Gasteiger partial charge in [0.25, 0.3) is 0 Å². The van der Waals surface area contributed by atoms with Crippen molar-refractivity contribution in [2.24, 2.45) is 0 Å². The number of nitrogens with zero attached hydrogens (tertiary/aromatic N) is 1. The molecular weight excluding hydrogens is 248 g/mol. The molecule has 3 nitrogen and oxygen atoms in total. The Morgan fingerprint density at radius 1 is 1.22 bits per heavy atom. The van der Waals surface area contributed by atoms with Crippen LogP contribution in [0.4, 0.5) is 11.4 Å². The number of amides is 1. The molecular formula is C14H13ClN2O. The van der Waals surface area contributed by atoms with Crippen LogP contribution in [-0.2, 0) is 4.79 Å². The number of hydrogen-bond acceptors (Lipinski definition) is 2. The minimum Gasteiger partial charge on any atom is -0.397 e. The van der Waals surface area contributed by atoms with E-state index < -0.39 is 0 Å². The van der Waals surface area contributed by atoms with Crippen LogP contribution in [0.25, 0.3) is 10.8 Å². The van der Waals surface area contributed by atoms with Gasteiger partial charge in [-0.05, 0) is 22.9 Å². The number of fused-ring (bicyclic) bond motifs is 1. The first-order valence-electron chi connectivity index (χ1n) is 5.88. The Hall–Kier alpha value is -1.74. The summed E-state index contributed by atoms with van der Waals surface area (Å²) in [4.78, 5) is 13.5. The monoisotopic (exact) mass is 260 g/mol. The summed E-state index contributed by atoms with van der Waals surface area (Å²) in [6, 6.07) is 11.8. The van der Waals surface area contributed by atoms with Crippen molar-refractivity contribution in [1.29, 1.82) is 0 Å². The molecule has 0 aliphatic carbocycles. The summed E-state index contributed by atoms with van der Waals surface area (Å²) < 4.78 is 0. The molecule has 1 aliphatic rings. The Morgan fingerprint density at radius 3 is 2.50 bits per heavy atom. The Balaban J connectivity index is 2.11. The molecule has 0 aromatic heterocycles. The van der Waals surface area contributed by atoms with Crippen molar-refractivity contribution in [3.05, 3.63) is 36.4 Å². The third-order valence-corrected chi connectivity index (χ3v) is 3.56. The van der Waals surface area contributed by atoms with E-state index in [2.05, 4.69) is 0 Å². The molecule has 1 amide bonds. The number of anilines is 2. The van der Waals surface area contributed by atoms with Crippen LogP contribution in [0.5, 0.6) is 0 Å². The van der Waals surface area contributed by atoms with E-state index in [1.165, 1.54) is 0 Å². The van der Waals surface area contributed by atoms with Crippen LogP contribution in [0.1, 0.15) is 6.42 Å². The lowest BCUT2D eigenvalue weighted by Gasteiger charge is -2.19. The molecule has 2 N–H and O–H groups in total. The lowest BCUT2D eigenvalue weighted by atomic mass is 10.1. The normalized spacial score (nSPS) is 19.7. The smallest absolute Gasteiger partial charge is 0.228 e. The average Bonchev–Trinajstić information content (AvgIpc) is 2.67. The standard InChI is InChI=1S/C14H13ClN2O/c15-11-7-14(18)17(8-11)13-6-10-4-2-1-3-9(10)5-12(13)16/h1-6,11H,7-8,16H2. The summed E-state index contributed by atoms with van der Waals surface area (Å²) >= 11 is 6.02. The molecule has 1 saturated heterocycles. The van der Waals surface area contributed by atoms with Gasteiger partial charge in [0.1, 0.15) is 0 Å². The molecule has 4 heteroatoms. The summed E-state index contributed by atoms with van der Waals surface area (Å²) in [6.07, 6.45) is 0.383. The Bertz CT molecular complexity index is 626. The molecule has 0 spiro atoms. The van der Waals surface area contributed by atoms with E-state index in [0.717, 1.165) is 16.5 Å². The van der Waals surface area contributed by atoms with Gasteiger partial charge in [0.05, 0.1) is 16.8 Å². The van der Waals surface area contributed by atoms with Crippen molar-refractivity contribution in [2.75, 3.05) is 17.2 Å². The number of nitrogen functional groups attached to an aromatic ring is 1. The minimum absolute atomic E-state index is 0.0389. The predicted octanol–water partition coefficient (Wildman–Crippen LogP) is 2.77. The Kier molecular flexibility index (Phi) is 2.63. The molecule has 1 aliphatic heterocycles. The molecule has 2 aromatic rings. The molecule has 1 heterocycles. The zero-order valence-corrected chi connectivity index (χ0v) is 10.5. The topological polar surface area (TPSA) is 46.3 Å². The Labute approximate surface area is 110 Å². The first-order chi connectivity index (χ1) is 8.65. The fraction of sp³-hybridized carbons (Fsp3) is 0.214. The quantitative estimate of drug-likeness (QED) is 0.633. The molecule has 18 heavy (non-hydrogen) atoms. The molecule has 0 radical (unpaired) electrons. The van der Waals surface area contributed by atoms with Gasteiger partial charge in [0.2, 0.25) is 5.91 Å². The maximum atomic E-state index is 11.9. The summed E-state index contributed by atoms with van der Waals surface area (Å²) in [5, 5.41) is 2.03. The van der Waals surface area contributed by atoms with Gasteiger partial charge < -0.3 is 10.6 Å². The highest BCUT2D eigenvalue weighted by atomic mass is 35.5. The summed E-state index contributed by atoms with van der Waals surface area (Å²) in [5.74, 6) is 0.0389. The third kappa shape index (κ3) is 1.81. The first-order valence-corrected chi connectivity index (χ1v) is 6.31. The van der Waals surface area contributed by atoms with Crippen LogP contribution in [0, 0.1) is 0 Å². The second-order valence-electron chi connectivity index (χ2n) is 4.56. The molecule has 3 rings (SSSR count). The van der Waals surface area contributed by atoms with E-state index in [-0.39, 0.29) is 11.3 Å². The third-order valence-electron chi connectivity index (χ3n) is 3.26. The largest absolute Gasteiger partial charge is 0.397 e.